The second kappa shape index (κ2) is 5.06. The molecule has 0 saturated carbocycles. The Morgan fingerprint density at radius 1 is 1.71 bits per heavy atom. The number of nitrogens with one attached hydrogen (secondary N) is 1. The zero-order valence-electron chi connectivity index (χ0n) is 7.99. The number of carbonyl (C=O) groups excluding carboxylic acids is 1. The second-order valence-electron chi connectivity index (χ2n) is 2.78. The van der Waals surface area contributed by atoms with Crippen LogP contribution in [0.4, 0.5) is 10.5 Å². The van der Waals surface area contributed by atoms with Gasteiger partial charge in [-0.2, -0.15) is 0 Å². The van der Waals surface area contributed by atoms with Crippen molar-refractivity contribution < 1.29 is 9.53 Å². The molecule has 1 aromatic rings. The zero-order valence-corrected chi connectivity index (χ0v) is 7.99. The maximum absolute atomic E-state index is 10.2. The van der Waals surface area contributed by atoms with Crippen molar-refractivity contribution in [2.75, 3.05) is 18.5 Å². The number of carbonyl (C=O) groups is 1. The van der Waals surface area contributed by atoms with Crippen molar-refractivity contribution in [3.63, 3.8) is 0 Å². The highest BCUT2D eigenvalue weighted by molar-refractivity contribution is 5.64. The van der Waals surface area contributed by atoms with Crippen molar-refractivity contribution in [1.82, 2.24) is 4.98 Å². The van der Waals surface area contributed by atoms with Crippen LogP contribution in [-0.4, -0.2) is 24.2 Å². The zero-order chi connectivity index (χ0) is 10.4. The lowest BCUT2D eigenvalue weighted by Crippen LogP contribution is -2.18. The maximum Gasteiger partial charge on any atom is 0.404 e. The van der Waals surface area contributed by atoms with Gasteiger partial charge in [-0.3, -0.25) is 4.98 Å². The first-order valence-corrected chi connectivity index (χ1v) is 4.27. The minimum absolute atomic E-state index is 0.261. The number of anilines is 1. The van der Waals surface area contributed by atoms with E-state index in [9.17, 15) is 4.79 Å². The molecular formula is C9H13N3O2. The van der Waals surface area contributed by atoms with E-state index in [-0.39, 0.29) is 6.61 Å². The molecule has 0 atom stereocenters. The van der Waals surface area contributed by atoms with E-state index in [1.165, 1.54) is 0 Å². The fourth-order valence-corrected chi connectivity index (χ4v) is 1.01. The smallest absolute Gasteiger partial charge is 0.404 e. The summed E-state index contributed by atoms with van der Waals surface area (Å²) in [6.45, 7) is 2.75. The fraction of sp³-hybridized carbons (Fsp3) is 0.333. The molecule has 0 aromatic carbocycles. The SMILES string of the molecule is Cc1cnccc1NCCOC(N)=O. The first-order valence-electron chi connectivity index (χ1n) is 4.27. The quantitative estimate of drug-likeness (QED) is 0.699. The molecule has 1 aromatic heterocycles. The molecule has 0 radical (unpaired) electrons. The van der Waals surface area contributed by atoms with Gasteiger partial charge >= 0.3 is 6.09 Å². The van der Waals surface area contributed by atoms with Gasteiger partial charge < -0.3 is 15.8 Å². The van der Waals surface area contributed by atoms with Crippen LogP contribution in [0.1, 0.15) is 5.56 Å². The third kappa shape index (κ3) is 3.30. The summed E-state index contributed by atoms with van der Waals surface area (Å²) in [6, 6.07) is 1.86. The predicted octanol–water partition coefficient (Wildman–Crippen LogP) is 0.897. The summed E-state index contributed by atoms with van der Waals surface area (Å²) in [5.41, 5.74) is 6.83. The van der Waals surface area contributed by atoms with Gasteiger partial charge in [-0.15, -0.1) is 0 Å². The fourth-order valence-electron chi connectivity index (χ4n) is 1.01. The number of rotatable bonds is 4. The Labute approximate surface area is 82.3 Å². The summed E-state index contributed by atoms with van der Waals surface area (Å²) < 4.78 is 4.56. The summed E-state index contributed by atoms with van der Waals surface area (Å²) >= 11 is 0. The van der Waals surface area contributed by atoms with E-state index in [2.05, 4.69) is 15.0 Å². The Morgan fingerprint density at radius 2 is 2.50 bits per heavy atom. The minimum atomic E-state index is -0.752. The third-order valence-electron chi connectivity index (χ3n) is 1.68. The lowest BCUT2D eigenvalue weighted by Gasteiger charge is -2.08. The Balaban J connectivity index is 2.31. The second-order valence-corrected chi connectivity index (χ2v) is 2.78. The molecule has 3 N–H and O–H groups in total. The highest BCUT2D eigenvalue weighted by atomic mass is 16.5. The van der Waals surface area contributed by atoms with E-state index in [0.717, 1.165) is 11.3 Å². The molecular weight excluding hydrogens is 182 g/mol. The predicted molar refractivity (Wildman–Crippen MR) is 53.0 cm³/mol. The van der Waals surface area contributed by atoms with Crippen LogP contribution >= 0.6 is 0 Å². The van der Waals surface area contributed by atoms with Crippen molar-refractivity contribution in [1.29, 1.82) is 0 Å². The lowest BCUT2D eigenvalue weighted by molar-refractivity contribution is 0.161. The Kier molecular flexibility index (Phi) is 3.72. The molecule has 0 aliphatic carbocycles. The van der Waals surface area contributed by atoms with Crippen molar-refractivity contribution in [3.05, 3.63) is 24.0 Å². The molecule has 14 heavy (non-hydrogen) atoms. The Morgan fingerprint density at radius 3 is 3.14 bits per heavy atom. The van der Waals surface area contributed by atoms with Gasteiger partial charge in [0, 0.05) is 24.6 Å². The molecule has 1 amide bonds. The first kappa shape index (κ1) is 10.3. The van der Waals surface area contributed by atoms with E-state index < -0.39 is 6.09 Å². The average Bonchev–Trinajstić information content (AvgIpc) is 2.15. The molecule has 1 heterocycles. The normalized spacial score (nSPS) is 9.50. The standard InChI is InChI=1S/C9H13N3O2/c1-7-6-11-3-2-8(7)12-4-5-14-9(10)13/h2-3,6H,4-5H2,1H3,(H2,10,13)(H,11,12). The van der Waals surface area contributed by atoms with Crippen LogP contribution in [0.15, 0.2) is 18.5 Å². The minimum Gasteiger partial charge on any atom is -0.448 e. The van der Waals surface area contributed by atoms with E-state index in [1.807, 2.05) is 13.0 Å². The molecule has 0 fully saturated rings. The lowest BCUT2D eigenvalue weighted by atomic mass is 10.2. The first-order chi connectivity index (χ1) is 6.70. The van der Waals surface area contributed by atoms with Gasteiger partial charge in [0.05, 0.1) is 0 Å². The van der Waals surface area contributed by atoms with Crippen LogP contribution in [-0.2, 0) is 4.74 Å². The molecule has 1 rings (SSSR count). The van der Waals surface area contributed by atoms with E-state index in [4.69, 9.17) is 5.73 Å². The molecule has 5 heteroatoms. The van der Waals surface area contributed by atoms with E-state index in [0.29, 0.717) is 6.54 Å². The van der Waals surface area contributed by atoms with Gasteiger partial charge in [0.1, 0.15) is 6.61 Å². The Hall–Kier alpha value is -1.78. The number of hydrogen-bond acceptors (Lipinski definition) is 4. The van der Waals surface area contributed by atoms with Gasteiger partial charge in [-0.25, -0.2) is 4.79 Å². The highest BCUT2D eigenvalue weighted by Gasteiger charge is 1.96. The van der Waals surface area contributed by atoms with Gasteiger partial charge in [0.25, 0.3) is 0 Å². The van der Waals surface area contributed by atoms with Crippen LogP contribution in [0.3, 0.4) is 0 Å². The van der Waals surface area contributed by atoms with Crippen molar-refractivity contribution in [2.45, 2.75) is 6.92 Å². The van der Waals surface area contributed by atoms with Crippen LogP contribution in [0.25, 0.3) is 0 Å². The molecule has 0 unspecified atom stereocenters. The number of aryl methyl sites for hydroxylation is 1. The molecule has 0 aliphatic rings. The van der Waals surface area contributed by atoms with Gasteiger partial charge in [0.2, 0.25) is 0 Å². The summed E-state index contributed by atoms with van der Waals surface area (Å²) in [7, 11) is 0. The van der Waals surface area contributed by atoms with Crippen molar-refractivity contribution in [3.8, 4) is 0 Å². The highest BCUT2D eigenvalue weighted by Crippen LogP contribution is 2.10. The van der Waals surface area contributed by atoms with E-state index >= 15 is 0 Å². The number of nitrogens with two attached hydrogens (primary N) is 1. The molecule has 5 nitrogen and oxygen atoms in total. The molecule has 0 bridgehead atoms. The van der Waals surface area contributed by atoms with Crippen LogP contribution < -0.4 is 11.1 Å². The topological polar surface area (TPSA) is 77.2 Å². The summed E-state index contributed by atoms with van der Waals surface area (Å²) in [6.07, 6.45) is 2.71. The maximum atomic E-state index is 10.2. The summed E-state index contributed by atoms with van der Waals surface area (Å²) in [4.78, 5) is 14.2. The number of amides is 1. The summed E-state index contributed by atoms with van der Waals surface area (Å²) in [5.74, 6) is 0. The summed E-state index contributed by atoms with van der Waals surface area (Å²) in [5, 5.41) is 3.10. The van der Waals surface area contributed by atoms with Gasteiger partial charge in [-0.1, -0.05) is 0 Å². The number of hydrogen-bond donors (Lipinski definition) is 2. The number of ether oxygens (including phenoxy) is 1. The number of primary amides is 1. The number of aromatic nitrogens is 1. The molecule has 0 aliphatic heterocycles. The van der Waals surface area contributed by atoms with Crippen molar-refractivity contribution in [2.24, 2.45) is 5.73 Å². The number of pyridine rings is 1. The van der Waals surface area contributed by atoms with Crippen molar-refractivity contribution >= 4 is 11.8 Å². The Bertz CT molecular complexity index is 315. The van der Waals surface area contributed by atoms with Gasteiger partial charge in [0.15, 0.2) is 0 Å². The third-order valence-corrected chi connectivity index (χ3v) is 1.68. The molecule has 0 spiro atoms. The molecule has 76 valence electrons. The van der Waals surface area contributed by atoms with Crippen LogP contribution in [0.2, 0.25) is 0 Å². The number of nitrogens with zero attached hydrogens (tertiary/aromatic N) is 1. The molecule has 0 saturated heterocycles. The van der Waals surface area contributed by atoms with Crippen LogP contribution in [0.5, 0.6) is 0 Å². The largest absolute Gasteiger partial charge is 0.448 e. The van der Waals surface area contributed by atoms with Gasteiger partial charge in [-0.05, 0) is 18.6 Å². The monoisotopic (exact) mass is 195 g/mol. The van der Waals surface area contributed by atoms with Crippen LogP contribution in [0, 0.1) is 6.92 Å². The average molecular weight is 195 g/mol. The van der Waals surface area contributed by atoms with E-state index in [1.54, 1.807) is 12.4 Å².